The average Bonchev–Trinajstić information content (AvgIpc) is 2.69. The minimum atomic E-state index is -1.04. The summed E-state index contributed by atoms with van der Waals surface area (Å²) in [5, 5.41) is 22.0. The van der Waals surface area contributed by atoms with Crippen LogP contribution in [0.25, 0.3) is 0 Å². The Labute approximate surface area is 145 Å². The molecule has 138 valence electrons. The van der Waals surface area contributed by atoms with Crippen molar-refractivity contribution < 1.29 is 19.7 Å². The van der Waals surface area contributed by atoms with Crippen LogP contribution in [0.15, 0.2) is 5.10 Å². The molecule has 25 heavy (non-hydrogen) atoms. The van der Waals surface area contributed by atoms with E-state index in [1.807, 2.05) is 9.80 Å². The number of nitrogens with one attached hydrogen (secondary N) is 1. The van der Waals surface area contributed by atoms with E-state index < -0.39 is 12.7 Å². The van der Waals surface area contributed by atoms with Gasteiger partial charge in [-0.05, 0) is 0 Å². The Morgan fingerprint density at radius 1 is 1.00 bits per heavy atom. The Bertz CT molecular complexity index is 540. The third-order valence-electron chi connectivity index (χ3n) is 3.80. The number of morpholine rings is 2. The van der Waals surface area contributed by atoms with E-state index in [9.17, 15) is 5.11 Å². The molecule has 0 amide bonds. The molecule has 0 bridgehead atoms. The standard InChI is InChI=1S/C14H23N7O4/c22-10-11(23)9-15-19-12-16-13(20-1-5-24-6-2-20)18-14(17-12)21-3-7-25-8-4-21/h9,11,22-23H,1-8,10H2,(H,16,17,18,19)/b15-9+. The monoisotopic (exact) mass is 353 g/mol. The smallest absolute Gasteiger partial charge is 0.250 e. The van der Waals surface area contributed by atoms with E-state index in [1.54, 1.807) is 0 Å². The van der Waals surface area contributed by atoms with E-state index in [2.05, 4.69) is 25.5 Å². The minimum Gasteiger partial charge on any atom is -0.393 e. The van der Waals surface area contributed by atoms with Gasteiger partial charge in [0.05, 0.1) is 39.2 Å². The zero-order valence-electron chi connectivity index (χ0n) is 13.9. The second-order valence-electron chi connectivity index (χ2n) is 5.60. The maximum atomic E-state index is 9.32. The van der Waals surface area contributed by atoms with Gasteiger partial charge in [0.2, 0.25) is 17.8 Å². The average molecular weight is 353 g/mol. The van der Waals surface area contributed by atoms with Crippen LogP contribution in [-0.4, -0.2) is 96.7 Å². The van der Waals surface area contributed by atoms with Crippen LogP contribution in [0.1, 0.15) is 0 Å². The second kappa shape index (κ2) is 8.85. The van der Waals surface area contributed by atoms with Gasteiger partial charge >= 0.3 is 0 Å². The fraction of sp³-hybridized carbons (Fsp3) is 0.714. The predicted molar refractivity (Wildman–Crippen MR) is 91.1 cm³/mol. The van der Waals surface area contributed by atoms with Gasteiger partial charge in [-0.25, -0.2) is 5.43 Å². The number of rotatable bonds is 6. The Hall–Kier alpha value is -2.08. The molecule has 0 aliphatic carbocycles. The van der Waals surface area contributed by atoms with Crippen LogP contribution in [0.2, 0.25) is 0 Å². The summed E-state index contributed by atoms with van der Waals surface area (Å²) in [6.07, 6.45) is 0.152. The highest BCUT2D eigenvalue weighted by Gasteiger charge is 2.20. The highest BCUT2D eigenvalue weighted by molar-refractivity contribution is 5.63. The Morgan fingerprint density at radius 3 is 2.00 bits per heavy atom. The predicted octanol–water partition coefficient (Wildman–Crippen LogP) is -1.70. The quantitative estimate of drug-likeness (QED) is 0.402. The number of aromatic nitrogens is 3. The third-order valence-corrected chi connectivity index (χ3v) is 3.80. The van der Waals surface area contributed by atoms with E-state index in [4.69, 9.17) is 14.6 Å². The van der Waals surface area contributed by atoms with Crippen LogP contribution in [-0.2, 0) is 9.47 Å². The summed E-state index contributed by atoms with van der Waals surface area (Å²) in [6.45, 7) is 4.93. The molecule has 1 atom stereocenters. The van der Waals surface area contributed by atoms with Crippen LogP contribution in [0.3, 0.4) is 0 Å². The lowest BCUT2D eigenvalue weighted by Gasteiger charge is -2.30. The maximum absolute atomic E-state index is 9.32. The molecule has 3 N–H and O–H groups in total. The molecule has 11 nitrogen and oxygen atoms in total. The molecule has 0 aromatic carbocycles. The first kappa shape index (κ1) is 17.7. The first-order valence-electron chi connectivity index (χ1n) is 8.26. The number of aliphatic hydroxyl groups is 2. The zero-order valence-corrected chi connectivity index (χ0v) is 13.9. The van der Waals surface area contributed by atoms with Crippen LogP contribution in [0.4, 0.5) is 17.8 Å². The highest BCUT2D eigenvalue weighted by atomic mass is 16.5. The number of nitrogens with zero attached hydrogens (tertiary/aromatic N) is 6. The molecule has 2 saturated heterocycles. The van der Waals surface area contributed by atoms with Crippen molar-refractivity contribution in [2.75, 3.05) is 74.4 Å². The van der Waals surface area contributed by atoms with Crippen molar-refractivity contribution in [1.29, 1.82) is 0 Å². The number of aliphatic hydroxyl groups excluding tert-OH is 2. The van der Waals surface area contributed by atoms with Gasteiger partial charge in [0.15, 0.2) is 0 Å². The van der Waals surface area contributed by atoms with Gasteiger partial charge in [-0.3, -0.25) is 0 Å². The molecule has 0 radical (unpaired) electrons. The Morgan fingerprint density at radius 2 is 1.52 bits per heavy atom. The molecular formula is C14H23N7O4. The van der Waals surface area contributed by atoms with E-state index in [-0.39, 0.29) is 5.95 Å². The fourth-order valence-corrected chi connectivity index (χ4v) is 2.44. The molecule has 0 spiro atoms. The summed E-state index contributed by atoms with van der Waals surface area (Å²) in [4.78, 5) is 17.4. The van der Waals surface area contributed by atoms with Crippen LogP contribution < -0.4 is 15.2 Å². The van der Waals surface area contributed by atoms with Gasteiger partial charge in [-0.1, -0.05) is 0 Å². The molecule has 3 rings (SSSR count). The molecule has 1 aromatic rings. The van der Waals surface area contributed by atoms with Gasteiger partial charge in [-0.15, -0.1) is 0 Å². The highest BCUT2D eigenvalue weighted by Crippen LogP contribution is 2.18. The largest absolute Gasteiger partial charge is 0.393 e. The zero-order chi connectivity index (χ0) is 17.5. The molecule has 2 aliphatic heterocycles. The van der Waals surface area contributed by atoms with Crippen LogP contribution >= 0.6 is 0 Å². The topological polar surface area (TPSA) is 128 Å². The van der Waals surface area contributed by atoms with E-state index in [1.165, 1.54) is 6.21 Å². The van der Waals surface area contributed by atoms with E-state index in [0.29, 0.717) is 64.5 Å². The minimum absolute atomic E-state index is 0.277. The summed E-state index contributed by atoms with van der Waals surface area (Å²) in [7, 11) is 0. The second-order valence-corrected chi connectivity index (χ2v) is 5.60. The lowest BCUT2D eigenvalue weighted by Crippen LogP contribution is -2.40. The van der Waals surface area contributed by atoms with Gasteiger partial charge in [0.25, 0.3) is 0 Å². The molecular weight excluding hydrogens is 330 g/mol. The van der Waals surface area contributed by atoms with E-state index >= 15 is 0 Å². The third kappa shape index (κ3) is 4.95. The van der Waals surface area contributed by atoms with Crippen molar-refractivity contribution in [1.82, 2.24) is 15.0 Å². The van der Waals surface area contributed by atoms with Gasteiger partial charge in [0, 0.05) is 26.2 Å². The number of hydrazone groups is 1. The molecule has 1 unspecified atom stereocenters. The summed E-state index contributed by atoms with van der Waals surface area (Å²) in [5.74, 6) is 1.39. The van der Waals surface area contributed by atoms with Gasteiger partial charge in [-0.2, -0.15) is 20.1 Å². The van der Waals surface area contributed by atoms with Crippen molar-refractivity contribution >= 4 is 24.1 Å². The first-order chi connectivity index (χ1) is 12.3. The molecule has 3 heterocycles. The molecule has 0 saturated carbocycles. The van der Waals surface area contributed by atoms with Crippen molar-refractivity contribution in [3.8, 4) is 0 Å². The van der Waals surface area contributed by atoms with E-state index in [0.717, 1.165) is 0 Å². The summed E-state index contributed by atoms with van der Waals surface area (Å²) in [6, 6.07) is 0. The van der Waals surface area contributed by atoms with Crippen molar-refractivity contribution in [3.63, 3.8) is 0 Å². The number of anilines is 3. The normalized spacial score (nSPS) is 20.1. The lowest BCUT2D eigenvalue weighted by molar-refractivity contribution is 0.121. The SMILES string of the molecule is OCC(O)/C=N/Nc1nc(N2CCOCC2)nc(N2CCOCC2)n1. The Balaban J connectivity index is 1.80. The van der Waals surface area contributed by atoms with Gasteiger partial charge < -0.3 is 29.5 Å². The lowest BCUT2D eigenvalue weighted by atomic mass is 10.4. The summed E-state index contributed by atoms with van der Waals surface area (Å²) >= 11 is 0. The van der Waals surface area contributed by atoms with Gasteiger partial charge in [0.1, 0.15) is 6.10 Å². The van der Waals surface area contributed by atoms with Crippen LogP contribution in [0, 0.1) is 0 Å². The number of hydrogen-bond donors (Lipinski definition) is 3. The molecule has 1 aromatic heterocycles. The maximum Gasteiger partial charge on any atom is 0.250 e. The number of ether oxygens (including phenoxy) is 2. The number of hydrogen-bond acceptors (Lipinski definition) is 11. The molecule has 2 aliphatic rings. The molecule has 11 heteroatoms. The summed E-state index contributed by atoms with van der Waals surface area (Å²) in [5.41, 5.74) is 2.69. The van der Waals surface area contributed by atoms with Crippen molar-refractivity contribution in [2.45, 2.75) is 6.10 Å². The van der Waals surface area contributed by atoms with Crippen molar-refractivity contribution in [2.24, 2.45) is 5.10 Å². The Kier molecular flexibility index (Phi) is 6.28. The molecule has 2 fully saturated rings. The summed E-state index contributed by atoms with van der Waals surface area (Å²) < 4.78 is 10.7. The van der Waals surface area contributed by atoms with Crippen molar-refractivity contribution in [3.05, 3.63) is 0 Å². The first-order valence-corrected chi connectivity index (χ1v) is 8.26. The van der Waals surface area contributed by atoms with Crippen LogP contribution in [0.5, 0.6) is 0 Å². The fourth-order valence-electron chi connectivity index (χ4n) is 2.44.